The van der Waals surface area contributed by atoms with Crippen LogP contribution in [0, 0.1) is 0 Å². The third kappa shape index (κ3) is 5.38. The van der Waals surface area contributed by atoms with Gasteiger partial charge in [0.05, 0.1) is 18.5 Å². The number of aromatic nitrogens is 2. The number of carboxylic acid groups (broad SMARTS) is 1. The molecular formula is C9H13N3O6S. The van der Waals surface area contributed by atoms with Crippen molar-refractivity contribution in [2.24, 2.45) is 0 Å². The Hall–Kier alpha value is -2.10. The van der Waals surface area contributed by atoms with Crippen molar-refractivity contribution >= 4 is 27.6 Å². The molecule has 0 fully saturated rings. The minimum Gasteiger partial charge on any atom is -0.480 e. The van der Waals surface area contributed by atoms with Crippen molar-refractivity contribution in [1.82, 2.24) is 9.78 Å². The molecule has 0 bridgehead atoms. The smallest absolute Gasteiger partial charge is 0.325 e. The number of carbonyl (C=O) groups excluding carboxylic acids is 1. The minimum absolute atomic E-state index is 0.0746. The summed E-state index contributed by atoms with van der Waals surface area (Å²) in [5, 5.41) is 12.2. The lowest BCUT2D eigenvalue weighted by Gasteiger charge is -2.05. The summed E-state index contributed by atoms with van der Waals surface area (Å²) >= 11 is 0. The Morgan fingerprint density at radius 1 is 1.53 bits per heavy atom. The molecule has 0 atom stereocenters. The van der Waals surface area contributed by atoms with Crippen molar-refractivity contribution in [3.05, 3.63) is 12.4 Å². The Bertz CT molecular complexity index is 564. The van der Waals surface area contributed by atoms with Gasteiger partial charge in [-0.15, -0.1) is 0 Å². The molecule has 0 aliphatic carbocycles. The average Bonchev–Trinajstić information content (AvgIpc) is 2.62. The number of anilines is 1. The highest BCUT2D eigenvalue weighted by atomic mass is 32.2. The van der Waals surface area contributed by atoms with Gasteiger partial charge < -0.3 is 9.84 Å². The summed E-state index contributed by atoms with van der Waals surface area (Å²) in [6.45, 7) is 1.26. The van der Waals surface area contributed by atoms with Crippen molar-refractivity contribution in [2.45, 2.75) is 13.5 Å². The molecule has 0 amide bonds. The molecule has 0 aliphatic rings. The Kier molecular flexibility index (Phi) is 4.87. The third-order valence-corrected chi connectivity index (χ3v) is 2.98. The normalized spacial score (nSPS) is 11.0. The van der Waals surface area contributed by atoms with Crippen LogP contribution in [0.2, 0.25) is 0 Å². The van der Waals surface area contributed by atoms with E-state index in [0.717, 1.165) is 10.9 Å². The monoisotopic (exact) mass is 291 g/mol. The van der Waals surface area contributed by atoms with Crippen LogP contribution in [0.3, 0.4) is 0 Å². The molecule has 0 unspecified atom stereocenters. The number of hydrogen-bond acceptors (Lipinski definition) is 6. The molecule has 0 aromatic carbocycles. The van der Waals surface area contributed by atoms with Gasteiger partial charge in [-0.05, 0) is 6.92 Å². The number of carbonyl (C=O) groups is 2. The quantitative estimate of drug-likeness (QED) is 0.634. The predicted octanol–water partition coefficient (Wildman–Crippen LogP) is -0.727. The van der Waals surface area contributed by atoms with Crippen LogP contribution in [-0.4, -0.2) is 47.6 Å². The zero-order valence-corrected chi connectivity index (χ0v) is 10.9. The van der Waals surface area contributed by atoms with E-state index in [1.807, 2.05) is 0 Å². The predicted molar refractivity (Wildman–Crippen MR) is 63.9 cm³/mol. The molecular weight excluding hydrogens is 278 g/mol. The molecule has 0 aliphatic heterocycles. The van der Waals surface area contributed by atoms with Crippen LogP contribution in [-0.2, 0) is 30.9 Å². The van der Waals surface area contributed by atoms with E-state index in [1.165, 1.54) is 6.20 Å². The van der Waals surface area contributed by atoms with E-state index in [1.54, 1.807) is 6.92 Å². The lowest BCUT2D eigenvalue weighted by molar-refractivity contribution is -0.140. The zero-order chi connectivity index (χ0) is 14.5. The Morgan fingerprint density at radius 2 is 2.21 bits per heavy atom. The molecule has 0 saturated heterocycles. The standard InChI is InChI=1S/C9H13N3O6S/c1-2-18-9(15)6-19(16,17)11-7-3-10-12(4-7)5-8(13)14/h3-4,11H,2,5-6H2,1H3,(H,13,14). The number of nitrogens with zero attached hydrogens (tertiary/aromatic N) is 2. The molecule has 0 spiro atoms. The Labute approximate surface area is 109 Å². The van der Waals surface area contributed by atoms with E-state index in [-0.39, 0.29) is 18.8 Å². The summed E-state index contributed by atoms with van der Waals surface area (Å²) in [5.74, 6) is -2.79. The molecule has 10 heteroatoms. The van der Waals surface area contributed by atoms with Crippen LogP contribution in [0.25, 0.3) is 0 Å². The van der Waals surface area contributed by atoms with Gasteiger partial charge in [-0.1, -0.05) is 0 Å². The molecule has 1 rings (SSSR count). The fraction of sp³-hybridized carbons (Fsp3) is 0.444. The van der Waals surface area contributed by atoms with Crippen molar-refractivity contribution in [1.29, 1.82) is 0 Å². The van der Waals surface area contributed by atoms with Crippen molar-refractivity contribution in [3.8, 4) is 0 Å². The van der Waals surface area contributed by atoms with Crippen LogP contribution in [0.1, 0.15) is 6.92 Å². The second kappa shape index (κ2) is 6.18. The molecule has 9 nitrogen and oxygen atoms in total. The summed E-state index contributed by atoms with van der Waals surface area (Å²) in [7, 11) is -3.90. The topological polar surface area (TPSA) is 128 Å². The van der Waals surface area contributed by atoms with Gasteiger partial charge in [0.15, 0.2) is 5.75 Å². The highest BCUT2D eigenvalue weighted by molar-refractivity contribution is 7.93. The first kappa shape index (κ1) is 15.0. The largest absolute Gasteiger partial charge is 0.480 e. The molecule has 2 N–H and O–H groups in total. The lowest BCUT2D eigenvalue weighted by Crippen LogP contribution is -2.24. The molecule has 1 aromatic rings. The second-order valence-electron chi connectivity index (χ2n) is 3.49. The Morgan fingerprint density at radius 3 is 2.79 bits per heavy atom. The maximum absolute atomic E-state index is 11.6. The average molecular weight is 291 g/mol. The fourth-order valence-corrected chi connectivity index (χ4v) is 2.15. The lowest BCUT2D eigenvalue weighted by atomic mass is 10.6. The van der Waals surface area contributed by atoms with Gasteiger partial charge >= 0.3 is 11.9 Å². The summed E-state index contributed by atoms with van der Waals surface area (Å²) in [6.07, 6.45) is 2.35. The van der Waals surface area contributed by atoms with E-state index >= 15 is 0 Å². The van der Waals surface area contributed by atoms with Gasteiger partial charge in [0.25, 0.3) is 0 Å². The maximum Gasteiger partial charge on any atom is 0.325 e. The molecule has 19 heavy (non-hydrogen) atoms. The summed E-state index contributed by atoms with van der Waals surface area (Å²) < 4.78 is 30.8. The van der Waals surface area contributed by atoms with E-state index in [2.05, 4.69) is 14.6 Å². The number of carboxylic acids is 1. The van der Waals surface area contributed by atoms with Crippen LogP contribution < -0.4 is 4.72 Å². The molecule has 1 aromatic heterocycles. The number of aliphatic carboxylic acids is 1. The number of hydrogen-bond donors (Lipinski definition) is 2. The number of rotatable bonds is 7. The SMILES string of the molecule is CCOC(=O)CS(=O)(=O)Nc1cnn(CC(=O)O)c1. The second-order valence-corrected chi connectivity index (χ2v) is 5.21. The van der Waals surface area contributed by atoms with Crippen molar-refractivity contribution in [3.63, 3.8) is 0 Å². The summed E-state index contributed by atoms with van der Waals surface area (Å²) in [4.78, 5) is 21.5. The highest BCUT2D eigenvalue weighted by Gasteiger charge is 2.18. The first-order chi connectivity index (χ1) is 8.82. The van der Waals surface area contributed by atoms with Gasteiger partial charge in [0.2, 0.25) is 10.0 Å². The van der Waals surface area contributed by atoms with Crippen LogP contribution in [0.15, 0.2) is 12.4 Å². The number of sulfonamides is 1. The van der Waals surface area contributed by atoms with Gasteiger partial charge in [-0.2, -0.15) is 5.10 Å². The number of ether oxygens (including phenoxy) is 1. The van der Waals surface area contributed by atoms with E-state index in [9.17, 15) is 18.0 Å². The third-order valence-electron chi connectivity index (χ3n) is 1.82. The highest BCUT2D eigenvalue weighted by Crippen LogP contribution is 2.08. The van der Waals surface area contributed by atoms with E-state index in [0.29, 0.717) is 0 Å². The van der Waals surface area contributed by atoms with Crippen LogP contribution in [0.4, 0.5) is 5.69 Å². The van der Waals surface area contributed by atoms with Crippen molar-refractivity contribution in [2.75, 3.05) is 17.1 Å². The first-order valence-electron chi connectivity index (χ1n) is 5.22. The van der Waals surface area contributed by atoms with Gasteiger partial charge in [-0.25, -0.2) is 8.42 Å². The van der Waals surface area contributed by atoms with Gasteiger partial charge in [0.1, 0.15) is 6.54 Å². The van der Waals surface area contributed by atoms with Crippen LogP contribution in [0.5, 0.6) is 0 Å². The van der Waals surface area contributed by atoms with E-state index in [4.69, 9.17) is 5.11 Å². The maximum atomic E-state index is 11.6. The number of esters is 1. The van der Waals surface area contributed by atoms with E-state index < -0.39 is 27.7 Å². The van der Waals surface area contributed by atoms with Crippen molar-refractivity contribution < 1.29 is 27.9 Å². The number of nitrogens with one attached hydrogen (secondary N) is 1. The molecule has 0 radical (unpaired) electrons. The van der Waals surface area contributed by atoms with Gasteiger partial charge in [-0.3, -0.25) is 19.0 Å². The van der Waals surface area contributed by atoms with Gasteiger partial charge in [0, 0.05) is 6.20 Å². The fourth-order valence-electron chi connectivity index (χ4n) is 1.21. The molecule has 0 saturated carbocycles. The molecule has 1 heterocycles. The summed E-state index contributed by atoms with van der Waals surface area (Å²) in [5.41, 5.74) is 0.0746. The first-order valence-corrected chi connectivity index (χ1v) is 6.88. The minimum atomic E-state index is -3.90. The summed E-state index contributed by atoms with van der Waals surface area (Å²) in [6, 6.07) is 0. The Balaban J connectivity index is 2.65. The van der Waals surface area contributed by atoms with Crippen LogP contribution >= 0.6 is 0 Å². The zero-order valence-electron chi connectivity index (χ0n) is 10.1. The molecule has 106 valence electrons.